The van der Waals surface area contributed by atoms with Crippen molar-refractivity contribution in [3.63, 3.8) is 0 Å². The Bertz CT molecular complexity index is 684. The molecule has 0 aliphatic carbocycles. The van der Waals surface area contributed by atoms with Crippen LogP contribution in [-0.4, -0.2) is 21.8 Å². The predicted molar refractivity (Wildman–Crippen MR) is 99.8 cm³/mol. The Balaban J connectivity index is 1.73. The van der Waals surface area contributed by atoms with E-state index in [9.17, 15) is 0 Å². The third-order valence-corrected chi connectivity index (χ3v) is 5.08. The van der Waals surface area contributed by atoms with Crippen molar-refractivity contribution in [2.45, 2.75) is 44.5 Å². The Morgan fingerprint density at radius 2 is 2.04 bits per heavy atom. The summed E-state index contributed by atoms with van der Waals surface area (Å²) in [7, 11) is 0. The minimum atomic E-state index is 0.319. The second-order valence-electron chi connectivity index (χ2n) is 6.57. The number of hydrogen-bond acceptors (Lipinski definition) is 4. The van der Waals surface area contributed by atoms with Gasteiger partial charge in [-0.15, -0.1) is 0 Å². The van der Waals surface area contributed by atoms with Gasteiger partial charge in [0.05, 0.1) is 5.37 Å². The first-order chi connectivity index (χ1) is 11.0. The summed E-state index contributed by atoms with van der Waals surface area (Å²) >= 11 is 4.56. The number of fused-ring (bicyclic) bond motifs is 1. The molecule has 23 heavy (non-hydrogen) atoms. The number of nitrogens with zero attached hydrogens (tertiary/aromatic N) is 2. The summed E-state index contributed by atoms with van der Waals surface area (Å²) in [6.07, 6.45) is 3.94. The van der Waals surface area contributed by atoms with Crippen molar-refractivity contribution in [2.75, 3.05) is 12.3 Å². The molecule has 2 aromatic rings. The van der Waals surface area contributed by atoms with Gasteiger partial charge in [0.25, 0.3) is 0 Å². The van der Waals surface area contributed by atoms with Crippen molar-refractivity contribution in [2.24, 2.45) is 0 Å². The third-order valence-electron chi connectivity index (χ3n) is 4.76. The van der Waals surface area contributed by atoms with Crippen molar-refractivity contribution < 1.29 is 0 Å². The lowest BCUT2D eigenvalue weighted by Crippen LogP contribution is -2.34. The van der Waals surface area contributed by atoms with E-state index in [0.717, 1.165) is 25.9 Å². The molecule has 0 radical (unpaired) electrons. The molecule has 122 valence electrons. The number of hydrogen-bond donors (Lipinski definition) is 2. The number of thiol groups is 1. The Kier molecular flexibility index (Phi) is 4.93. The Morgan fingerprint density at radius 1 is 1.22 bits per heavy atom. The van der Waals surface area contributed by atoms with Crippen molar-refractivity contribution >= 4 is 18.4 Å². The lowest BCUT2D eigenvalue weighted by atomic mass is 9.90. The quantitative estimate of drug-likeness (QED) is 0.843. The van der Waals surface area contributed by atoms with E-state index >= 15 is 0 Å². The minimum Gasteiger partial charge on any atom is -0.384 e. The zero-order chi connectivity index (χ0) is 16.4. The van der Waals surface area contributed by atoms with Gasteiger partial charge in [0, 0.05) is 19.3 Å². The van der Waals surface area contributed by atoms with Gasteiger partial charge in [-0.05, 0) is 60.1 Å². The molecule has 0 bridgehead atoms. The van der Waals surface area contributed by atoms with Gasteiger partial charge >= 0.3 is 0 Å². The largest absolute Gasteiger partial charge is 0.384 e. The highest BCUT2D eigenvalue weighted by Crippen LogP contribution is 2.26. The topological polar surface area (TPSA) is 42.2 Å². The van der Waals surface area contributed by atoms with Crippen LogP contribution < -0.4 is 5.73 Å². The first-order valence-corrected chi connectivity index (χ1v) is 8.79. The maximum atomic E-state index is 5.80. The SMILES string of the molecule is CC(Cc1ccc2c(c1)CCN(C(C)S)C2)c1ccnc(N)c1. The molecule has 4 heteroatoms. The number of anilines is 1. The molecule has 3 rings (SSSR count). The summed E-state index contributed by atoms with van der Waals surface area (Å²) in [4.78, 5) is 6.49. The van der Waals surface area contributed by atoms with Gasteiger partial charge in [-0.25, -0.2) is 4.98 Å². The summed E-state index contributed by atoms with van der Waals surface area (Å²) < 4.78 is 0. The lowest BCUT2D eigenvalue weighted by Gasteiger charge is -2.31. The van der Waals surface area contributed by atoms with Gasteiger partial charge in [-0.1, -0.05) is 25.1 Å². The molecule has 2 atom stereocenters. The van der Waals surface area contributed by atoms with E-state index in [1.165, 1.54) is 22.3 Å². The fourth-order valence-corrected chi connectivity index (χ4v) is 3.51. The average molecular weight is 327 g/mol. The Hall–Kier alpha value is -1.52. The summed E-state index contributed by atoms with van der Waals surface area (Å²) in [5.41, 5.74) is 11.4. The van der Waals surface area contributed by atoms with Gasteiger partial charge in [0.1, 0.15) is 5.82 Å². The second-order valence-corrected chi connectivity index (χ2v) is 7.32. The van der Waals surface area contributed by atoms with Crippen LogP contribution in [0.2, 0.25) is 0 Å². The molecular weight excluding hydrogens is 302 g/mol. The summed E-state index contributed by atoms with van der Waals surface area (Å²) in [6.45, 7) is 6.50. The van der Waals surface area contributed by atoms with Crippen LogP contribution in [0.15, 0.2) is 36.5 Å². The highest BCUT2D eigenvalue weighted by molar-refractivity contribution is 7.80. The number of rotatable bonds is 4. The van der Waals surface area contributed by atoms with Crippen LogP contribution >= 0.6 is 12.6 Å². The molecule has 1 aromatic heterocycles. The summed E-state index contributed by atoms with van der Waals surface area (Å²) in [5, 5.41) is 0.319. The summed E-state index contributed by atoms with van der Waals surface area (Å²) in [5.74, 6) is 1.04. The maximum absolute atomic E-state index is 5.80. The van der Waals surface area contributed by atoms with Crippen LogP contribution in [0, 0.1) is 0 Å². The molecule has 0 fully saturated rings. The van der Waals surface area contributed by atoms with E-state index in [1.54, 1.807) is 6.20 Å². The molecular formula is C19H25N3S. The number of nitrogens with two attached hydrogens (primary N) is 1. The van der Waals surface area contributed by atoms with Crippen molar-refractivity contribution in [3.05, 3.63) is 58.8 Å². The Morgan fingerprint density at radius 3 is 2.78 bits per heavy atom. The fourth-order valence-electron chi connectivity index (χ4n) is 3.32. The molecule has 2 heterocycles. The van der Waals surface area contributed by atoms with E-state index in [0.29, 0.717) is 17.1 Å². The fraction of sp³-hybridized carbons (Fsp3) is 0.421. The number of aromatic nitrogens is 1. The number of nitrogen functional groups attached to an aromatic ring is 1. The van der Waals surface area contributed by atoms with Crippen LogP contribution in [0.3, 0.4) is 0 Å². The number of pyridine rings is 1. The van der Waals surface area contributed by atoms with E-state index < -0.39 is 0 Å². The molecule has 1 aromatic carbocycles. The second kappa shape index (κ2) is 6.93. The maximum Gasteiger partial charge on any atom is 0.123 e. The smallest absolute Gasteiger partial charge is 0.123 e. The summed E-state index contributed by atoms with van der Waals surface area (Å²) in [6, 6.07) is 11.0. The first kappa shape index (κ1) is 16.3. The molecule has 0 saturated carbocycles. The van der Waals surface area contributed by atoms with Gasteiger partial charge in [-0.2, -0.15) is 12.6 Å². The molecule has 0 spiro atoms. The molecule has 1 aliphatic rings. The monoisotopic (exact) mass is 327 g/mol. The van der Waals surface area contributed by atoms with E-state index in [1.807, 2.05) is 6.07 Å². The van der Waals surface area contributed by atoms with Crippen LogP contribution in [0.5, 0.6) is 0 Å². The molecule has 2 unspecified atom stereocenters. The zero-order valence-electron chi connectivity index (χ0n) is 13.9. The van der Waals surface area contributed by atoms with Gasteiger partial charge < -0.3 is 5.73 Å². The highest BCUT2D eigenvalue weighted by Gasteiger charge is 2.19. The first-order valence-electron chi connectivity index (χ1n) is 8.27. The van der Waals surface area contributed by atoms with Gasteiger partial charge in [0.2, 0.25) is 0 Å². The highest BCUT2D eigenvalue weighted by atomic mass is 32.1. The van der Waals surface area contributed by atoms with E-state index in [-0.39, 0.29) is 0 Å². The standard InChI is InChI=1S/C19H25N3S/c1-13(16-5-7-21-19(20)11-16)9-15-3-4-18-12-22(14(2)23)8-6-17(18)10-15/h3-5,7,10-11,13-14,23H,6,8-9,12H2,1-2H3,(H2,20,21). The van der Waals surface area contributed by atoms with Crippen molar-refractivity contribution in [1.82, 2.24) is 9.88 Å². The molecule has 0 amide bonds. The van der Waals surface area contributed by atoms with E-state index in [2.05, 4.69) is 60.6 Å². The minimum absolute atomic E-state index is 0.319. The van der Waals surface area contributed by atoms with Crippen LogP contribution in [-0.2, 0) is 19.4 Å². The molecule has 0 saturated heterocycles. The molecule has 3 nitrogen and oxygen atoms in total. The molecule has 2 N–H and O–H groups in total. The lowest BCUT2D eigenvalue weighted by molar-refractivity contribution is 0.248. The van der Waals surface area contributed by atoms with Crippen LogP contribution in [0.25, 0.3) is 0 Å². The molecule has 1 aliphatic heterocycles. The third kappa shape index (κ3) is 3.88. The van der Waals surface area contributed by atoms with Crippen molar-refractivity contribution in [1.29, 1.82) is 0 Å². The van der Waals surface area contributed by atoms with Gasteiger partial charge in [-0.3, -0.25) is 4.90 Å². The van der Waals surface area contributed by atoms with Gasteiger partial charge in [0.15, 0.2) is 0 Å². The predicted octanol–water partition coefficient (Wildman–Crippen LogP) is 3.64. The normalized spacial score (nSPS) is 17.5. The number of benzene rings is 1. The van der Waals surface area contributed by atoms with Crippen molar-refractivity contribution in [3.8, 4) is 0 Å². The Labute approximate surface area is 144 Å². The zero-order valence-corrected chi connectivity index (χ0v) is 14.8. The van der Waals surface area contributed by atoms with Crippen LogP contribution in [0.1, 0.15) is 42.0 Å². The van der Waals surface area contributed by atoms with E-state index in [4.69, 9.17) is 5.73 Å². The van der Waals surface area contributed by atoms with Crippen LogP contribution in [0.4, 0.5) is 5.82 Å². The average Bonchev–Trinajstić information content (AvgIpc) is 2.54.